The molecule has 128 valence electrons. The average molecular weight is 344 g/mol. The van der Waals surface area contributed by atoms with Gasteiger partial charge >= 0.3 is 11.9 Å². The minimum absolute atomic E-state index is 0.0732. The standard InChI is InChI=1S/C14H20N2O6S/c1-14(2,3)13(20)22-6-21-12(19)9-8(4-15)23-11-7(5-17)10(18)16(9)11/h7,11,17H,4-6,15H2,1-3H3/t7-,11+/m0/s1. The van der Waals surface area contributed by atoms with Gasteiger partial charge in [-0.3, -0.25) is 14.5 Å². The molecular formula is C14H20N2O6S. The number of amides is 1. The van der Waals surface area contributed by atoms with Crippen LogP contribution in [0, 0.1) is 11.3 Å². The largest absolute Gasteiger partial charge is 0.427 e. The number of thioether (sulfide) groups is 1. The molecule has 3 N–H and O–H groups in total. The van der Waals surface area contributed by atoms with Gasteiger partial charge in [0.2, 0.25) is 12.7 Å². The second kappa shape index (κ2) is 6.50. The van der Waals surface area contributed by atoms with Crippen molar-refractivity contribution < 1.29 is 29.0 Å². The van der Waals surface area contributed by atoms with Crippen molar-refractivity contribution in [3.05, 3.63) is 10.6 Å². The number of aliphatic hydroxyl groups excluding tert-OH is 1. The smallest absolute Gasteiger partial charge is 0.358 e. The van der Waals surface area contributed by atoms with Crippen molar-refractivity contribution in [2.24, 2.45) is 17.1 Å². The van der Waals surface area contributed by atoms with Gasteiger partial charge in [-0.15, -0.1) is 11.8 Å². The van der Waals surface area contributed by atoms with E-state index in [0.717, 1.165) is 0 Å². The number of fused-ring (bicyclic) bond motifs is 1. The lowest BCUT2D eigenvalue weighted by atomic mass is 9.98. The third kappa shape index (κ3) is 3.22. The highest BCUT2D eigenvalue weighted by Crippen LogP contribution is 2.48. The van der Waals surface area contributed by atoms with Gasteiger partial charge in [-0.1, -0.05) is 0 Å². The number of carbonyl (C=O) groups is 3. The molecule has 0 aliphatic carbocycles. The van der Waals surface area contributed by atoms with Gasteiger partial charge in [0.25, 0.3) is 0 Å². The zero-order valence-electron chi connectivity index (χ0n) is 13.2. The molecule has 23 heavy (non-hydrogen) atoms. The Morgan fingerprint density at radius 1 is 1.35 bits per heavy atom. The maximum atomic E-state index is 12.2. The molecule has 2 aliphatic rings. The summed E-state index contributed by atoms with van der Waals surface area (Å²) < 4.78 is 9.80. The molecule has 1 fully saturated rings. The predicted molar refractivity (Wildman–Crippen MR) is 81.4 cm³/mol. The molecule has 1 saturated heterocycles. The van der Waals surface area contributed by atoms with Crippen LogP contribution in [0.25, 0.3) is 0 Å². The van der Waals surface area contributed by atoms with Crippen molar-refractivity contribution >= 4 is 29.6 Å². The first kappa shape index (κ1) is 17.8. The second-order valence-corrected chi connectivity index (χ2v) is 7.42. The van der Waals surface area contributed by atoms with Gasteiger partial charge in [0, 0.05) is 11.4 Å². The molecule has 0 aromatic rings. The number of ether oxygens (including phenoxy) is 2. The van der Waals surface area contributed by atoms with Crippen LogP contribution in [0.3, 0.4) is 0 Å². The van der Waals surface area contributed by atoms with E-state index in [1.165, 1.54) is 16.7 Å². The van der Waals surface area contributed by atoms with Crippen LogP contribution in [-0.4, -0.2) is 53.2 Å². The molecule has 0 spiro atoms. The van der Waals surface area contributed by atoms with Crippen molar-refractivity contribution in [1.82, 2.24) is 4.90 Å². The third-order valence-corrected chi connectivity index (χ3v) is 4.91. The summed E-state index contributed by atoms with van der Waals surface area (Å²) >= 11 is 1.27. The van der Waals surface area contributed by atoms with Gasteiger partial charge in [0.15, 0.2) is 0 Å². The molecular weight excluding hydrogens is 324 g/mol. The second-order valence-electron chi connectivity index (χ2n) is 6.21. The zero-order chi connectivity index (χ0) is 17.4. The van der Waals surface area contributed by atoms with Crippen LogP contribution in [-0.2, 0) is 23.9 Å². The lowest BCUT2D eigenvalue weighted by molar-refractivity contribution is -0.173. The Morgan fingerprint density at radius 2 is 2.00 bits per heavy atom. The number of carbonyl (C=O) groups excluding carboxylic acids is 3. The molecule has 2 aliphatic heterocycles. The van der Waals surface area contributed by atoms with Crippen molar-refractivity contribution in [3.8, 4) is 0 Å². The minimum Gasteiger partial charge on any atom is -0.427 e. The first-order valence-electron chi connectivity index (χ1n) is 7.10. The summed E-state index contributed by atoms with van der Waals surface area (Å²) in [5, 5.41) is 8.85. The highest BCUT2D eigenvalue weighted by Gasteiger charge is 2.55. The molecule has 0 radical (unpaired) electrons. The van der Waals surface area contributed by atoms with Crippen LogP contribution in [0.15, 0.2) is 10.6 Å². The van der Waals surface area contributed by atoms with E-state index < -0.39 is 30.1 Å². The summed E-state index contributed by atoms with van der Waals surface area (Å²) in [5.74, 6) is -2.15. The van der Waals surface area contributed by atoms with Gasteiger partial charge < -0.3 is 20.3 Å². The SMILES string of the molecule is CC(C)(C)C(=O)OCOC(=O)C1=C(CN)S[C@@H]2[C@@H](CO)C(=O)N12. The highest BCUT2D eigenvalue weighted by atomic mass is 32.2. The fourth-order valence-electron chi connectivity index (χ4n) is 2.18. The predicted octanol–water partition coefficient (Wildman–Crippen LogP) is -0.230. The van der Waals surface area contributed by atoms with E-state index >= 15 is 0 Å². The van der Waals surface area contributed by atoms with Crippen LogP contribution >= 0.6 is 11.8 Å². The van der Waals surface area contributed by atoms with Gasteiger partial charge in [-0.05, 0) is 20.8 Å². The van der Waals surface area contributed by atoms with Gasteiger partial charge in [-0.2, -0.15) is 0 Å². The summed E-state index contributed by atoms with van der Waals surface area (Å²) in [6.07, 6.45) is 0. The van der Waals surface area contributed by atoms with Crippen LogP contribution in [0.4, 0.5) is 0 Å². The topological polar surface area (TPSA) is 119 Å². The maximum absolute atomic E-state index is 12.2. The molecule has 0 unspecified atom stereocenters. The Balaban J connectivity index is 1.98. The summed E-state index contributed by atoms with van der Waals surface area (Å²) in [6.45, 7) is 4.30. The number of β-lactam (4-membered cyclic amide) rings is 1. The first-order valence-corrected chi connectivity index (χ1v) is 7.98. The van der Waals surface area contributed by atoms with Gasteiger partial charge in [0.05, 0.1) is 17.9 Å². The first-order chi connectivity index (χ1) is 10.7. The molecule has 9 heteroatoms. The van der Waals surface area contributed by atoms with Crippen molar-refractivity contribution in [2.45, 2.75) is 26.1 Å². The van der Waals surface area contributed by atoms with E-state index in [4.69, 9.17) is 15.2 Å². The molecule has 8 nitrogen and oxygen atoms in total. The quantitative estimate of drug-likeness (QED) is 0.399. The Hall–Kier alpha value is -1.58. The van der Waals surface area contributed by atoms with E-state index in [2.05, 4.69) is 0 Å². The summed E-state index contributed by atoms with van der Waals surface area (Å²) in [7, 11) is 0. The molecule has 1 amide bonds. The fourth-order valence-corrected chi connectivity index (χ4v) is 3.54. The van der Waals surface area contributed by atoms with Crippen molar-refractivity contribution in [1.29, 1.82) is 0 Å². The summed E-state index contributed by atoms with van der Waals surface area (Å²) in [5.41, 5.74) is 4.98. The number of hydrogen-bond acceptors (Lipinski definition) is 8. The summed E-state index contributed by atoms with van der Waals surface area (Å²) in [4.78, 5) is 37.5. The zero-order valence-corrected chi connectivity index (χ0v) is 14.0. The van der Waals surface area contributed by atoms with Crippen LogP contribution in [0.5, 0.6) is 0 Å². The average Bonchev–Trinajstić information content (AvgIpc) is 2.81. The van der Waals surface area contributed by atoms with E-state index in [1.54, 1.807) is 20.8 Å². The molecule has 0 bridgehead atoms. The van der Waals surface area contributed by atoms with E-state index in [-0.39, 0.29) is 30.1 Å². The summed E-state index contributed by atoms with van der Waals surface area (Å²) in [6, 6.07) is 0. The minimum atomic E-state index is -0.771. The lowest BCUT2D eigenvalue weighted by Crippen LogP contribution is -2.58. The molecule has 2 rings (SSSR count). The number of rotatable bonds is 5. The highest BCUT2D eigenvalue weighted by molar-refractivity contribution is 8.04. The number of nitrogens with two attached hydrogens (primary N) is 1. The van der Waals surface area contributed by atoms with E-state index in [1.807, 2.05) is 0 Å². The van der Waals surface area contributed by atoms with Crippen LogP contribution < -0.4 is 5.73 Å². The molecule has 0 aromatic heterocycles. The Kier molecular flexibility index (Phi) is 5.02. The monoisotopic (exact) mass is 344 g/mol. The Bertz CT molecular complexity index is 568. The molecule has 2 atom stereocenters. The van der Waals surface area contributed by atoms with Gasteiger partial charge in [-0.25, -0.2) is 4.79 Å². The number of aliphatic hydroxyl groups is 1. The third-order valence-electron chi connectivity index (χ3n) is 3.49. The Morgan fingerprint density at radius 3 is 2.52 bits per heavy atom. The Labute approximate surface area is 138 Å². The lowest BCUT2D eigenvalue weighted by Gasteiger charge is -2.41. The van der Waals surface area contributed by atoms with E-state index in [0.29, 0.717) is 4.91 Å². The van der Waals surface area contributed by atoms with Crippen LogP contribution in [0.1, 0.15) is 20.8 Å². The maximum Gasteiger partial charge on any atom is 0.358 e. The number of nitrogens with zero attached hydrogens (tertiary/aromatic N) is 1. The van der Waals surface area contributed by atoms with Crippen molar-refractivity contribution in [3.63, 3.8) is 0 Å². The number of esters is 2. The van der Waals surface area contributed by atoms with E-state index in [9.17, 15) is 19.5 Å². The van der Waals surface area contributed by atoms with Crippen molar-refractivity contribution in [2.75, 3.05) is 19.9 Å². The normalized spacial score (nSPS) is 23.5. The van der Waals surface area contributed by atoms with Gasteiger partial charge in [0.1, 0.15) is 11.1 Å². The van der Waals surface area contributed by atoms with Crippen LogP contribution in [0.2, 0.25) is 0 Å². The molecule has 0 saturated carbocycles. The number of hydrogen-bond donors (Lipinski definition) is 2. The fraction of sp³-hybridized carbons (Fsp3) is 0.643. The molecule has 0 aromatic carbocycles. The molecule has 2 heterocycles.